The Hall–Kier alpha value is -4.43. The molecule has 0 saturated heterocycles. The van der Waals surface area contributed by atoms with Gasteiger partial charge in [-0.15, -0.1) is 11.3 Å². The van der Waals surface area contributed by atoms with Crippen LogP contribution in [0.3, 0.4) is 0 Å². The quantitative estimate of drug-likeness (QED) is 0.184. The summed E-state index contributed by atoms with van der Waals surface area (Å²) in [5.41, 5.74) is 10.3. The average Bonchev–Trinajstić information content (AvgIpc) is 3.50. The lowest BCUT2D eigenvalue weighted by atomic mass is 9.83. The van der Waals surface area contributed by atoms with Crippen molar-refractivity contribution in [2.24, 2.45) is 0 Å². The SMILES string of the molecule is Clc1ccc(-c2ccc(-c3c(-c4ccccc4)c4sc(-c5ccccc5)c(C5C=CC=CC5)c4c4c3=CCCC=4)cc2)cc1. The second kappa shape index (κ2) is 11.6. The molecule has 1 heterocycles. The van der Waals surface area contributed by atoms with E-state index in [2.05, 4.69) is 134 Å². The van der Waals surface area contributed by atoms with E-state index < -0.39 is 0 Å². The molecule has 0 radical (unpaired) electrons. The summed E-state index contributed by atoms with van der Waals surface area (Å²) >= 11 is 8.15. The van der Waals surface area contributed by atoms with Crippen LogP contribution in [0, 0.1) is 0 Å². The van der Waals surface area contributed by atoms with Crippen molar-refractivity contribution in [2.75, 3.05) is 0 Å². The molecule has 2 aliphatic rings. The number of rotatable bonds is 5. The Labute approximate surface area is 267 Å². The Morgan fingerprint density at radius 1 is 0.568 bits per heavy atom. The summed E-state index contributed by atoms with van der Waals surface area (Å²) in [5.74, 6) is 0.344. The first kappa shape index (κ1) is 27.1. The zero-order valence-corrected chi connectivity index (χ0v) is 25.9. The largest absolute Gasteiger partial charge is 0.134 e. The van der Waals surface area contributed by atoms with E-state index >= 15 is 0 Å². The van der Waals surface area contributed by atoms with Crippen molar-refractivity contribution in [3.63, 3.8) is 0 Å². The minimum atomic E-state index is 0.344. The molecule has 6 aromatic rings. The lowest BCUT2D eigenvalue weighted by molar-refractivity contribution is 0.866. The lowest BCUT2D eigenvalue weighted by Gasteiger charge is -2.19. The van der Waals surface area contributed by atoms with Crippen molar-refractivity contribution in [1.82, 2.24) is 0 Å². The van der Waals surface area contributed by atoms with E-state index in [0.29, 0.717) is 5.92 Å². The van der Waals surface area contributed by atoms with E-state index in [4.69, 9.17) is 11.6 Å². The fraction of sp³-hybridized carbons (Fsp3) is 0.0952. The molecule has 0 fully saturated rings. The Bertz CT molecular complexity index is 2170. The van der Waals surface area contributed by atoms with Crippen molar-refractivity contribution in [3.8, 4) is 43.8 Å². The second-order valence-electron chi connectivity index (χ2n) is 11.6. The predicted molar refractivity (Wildman–Crippen MR) is 192 cm³/mol. The molecule has 0 bridgehead atoms. The van der Waals surface area contributed by atoms with Gasteiger partial charge in [-0.25, -0.2) is 0 Å². The minimum absolute atomic E-state index is 0.344. The van der Waals surface area contributed by atoms with Gasteiger partial charge in [0.15, 0.2) is 0 Å². The first-order valence-electron chi connectivity index (χ1n) is 15.4. The molecule has 8 rings (SSSR count). The normalized spacial score (nSPS) is 15.5. The van der Waals surface area contributed by atoms with Crippen LogP contribution in [0.5, 0.6) is 0 Å². The molecular formula is C42H31ClS. The Morgan fingerprint density at radius 3 is 1.82 bits per heavy atom. The average molecular weight is 603 g/mol. The molecule has 1 atom stereocenters. The molecule has 0 saturated carbocycles. The zero-order chi connectivity index (χ0) is 29.5. The number of hydrogen-bond acceptors (Lipinski definition) is 1. The van der Waals surface area contributed by atoms with Crippen LogP contribution in [0.2, 0.25) is 5.02 Å². The fourth-order valence-electron chi connectivity index (χ4n) is 6.89. The molecule has 0 nitrogen and oxygen atoms in total. The summed E-state index contributed by atoms with van der Waals surface area (Å²) in [7, 11) is 0. The van der Waals surface area contributed by atoms with Gasteiger partial charge < -0.3 is 0 Å². The monoisotopic (exact) mass is 602 g/mol. The smallest absolute Gasteiger partial charge is 0.0443 e. The standard InChI is InChI=1S/C42H31ClS/c43-34-26-24-29(25-27-34)28-20-22-32(23-21-28)37-35-18-10-11-19-36(35)40-39(31-14-6-2-7-15-31)41(33-16-8-3-9-17-33)44-42(40)38(37)30-12-4-1-5-13-30/h1-9,12-14,16-27,31H,10-11,15H2. The van der Waals surface area contributed by atoms with E-state index in [1.165, 1.54) is 69.9 Å². The molecule has 2 heteroatoms. The van der Waals surface area contributed by atoms with Crippen LogP contribution in [-0.4, -0.2) is 0 Å². The topological polar surface area (TPSA) is 0 Å². The van der Waals surface area contributed by atoms with Crippen LogP contribution < -0.4 is 10.4 Å². The molecule has 1 unspecified atom stereocenters. The first-order chi connectivity index (χ1) is 21.8. The third kappa shape index (κ3) is 4.78. The van der Waals surface area contributed by atoms with Crippen LogP contribution in [-0.2, 0) is 0 Å². The summed E-state index contributed by atoms with van der Waals surface area (Å²) in [4.78, 5) is 1.39. The van der Waals surface area contributed by atoms with E-state index in [1.807, 2.05) is 23.5 Å². The second-order valence-corrected chi connectivity index (χ2v) is 13.0. The van der Waals surface area contributed by atoms with Gasteiger partial charge >= 0.3 is 0 Å². The third-order valence-corrected chi connectivity index (χ3v) is 10.4. The summed E-state index contributed by atoms with van der Waals surface area (Å²) in [6, 6.07) is 39.3. The maximum atomic E-state index is 6.18. The van der Waals surface area contributed by atoms with Gasteiger partial charge in [0, 0.05) is 31.5 Å². The first-order valence-corrected chi connectivity index (χ1v) is 16.6. The summed E-state index contributed by atoms with van der Waals surface area (Å²) < 4.78 is 1.38. The number of benzene rings is 5. The fourth-order valence-corrected chi connectivity index (χ4v) is 8.48. The van der Waals surface area contributed by atoms with E-state index in [0.717, 1.165) is 24.3 Å². The summed E-state index contributed by atoms with van der Waals surface area (Å²) in [6.07, 6.45) is 17.3. The van der Waals surface area contributed by atoms with E-state index in [-0.39, 0.29) is 0 Å². The molecule has 44 heavy (non-hydrogen) atoms. The number of hydrogen-bond donors (Lipinski definition) is 0. The summed E-state index contributed by atoms with van der Waals surface area (Å²) in [6.45, 7) is 0. The van der Waals surface area contributed by atoms with Crippen LogP contribution in [0.15, 0.2) is 133 Å². The van der Waals surface area contributed by atoms with Gasteiger partial charge in [0.05, 0.1) is 0 Å². The lowest BCUT2D eigenvalue weighted by Crippen LogP contribution is -2.31. The number of halogens is 1. The van der Waals surface area contributed by atoms with Crippen LogP contribution in [0.25, 0.3) is 66.1 Å². The van der Waals surface area contributed by atoms with Gasteiger partial charge in [-0.1, -0.05) is 145 Å². The summed E-state index contributed by atoms with van der Waals surface area (Å²) in [5, 5.41) is 4.97. The van der Waals surface area contributed by atoms with Crippen molar-refractivity contribution < 1.29 is 0 Å². The van der Waals surface area contributed by atoms with Crippen LogP contribution in [0.1, 0.15) is 30.7 Å². The van der Waals surface area contributed by atoms with Crippen molar-refractivity contribution in [1.29, 1.82) is 0 Å². The van der Waals surface area contributed by atoms with Crippen LogP contribution >= 0.6 is 22.9 Å². The predicted octanol–water partition coefficient (Wildman–Crippen LogP) is 11.2. The number of thiophene rings is 1. The van der Waals surface area contributed by atoms with Crippen molar-refractivity contribution in [2.45, 2.75) is 25.2 Å². The molecule has 0 N–H and O–H groups in total. The molecule has 0 spiro atoms. The molecule has 0 aliphatic heterocycles. The van der Waals surface area contributed by atoms with Crippen LogP contribution in [0.4, 0.5) is 0 Å². The van der Waals surface area contributed by atoms with E-state index in [1.54, 1.807) is 0 Å². The van der Waals surface area contributed by atoms with Gasteiger partial charge in [-0.2, -0.15) is 0 Å². The van der Waals surface area contributed by atoms with Gasteiger partial charge in [0.2, 0.25) is 0 Å². The van der Waals surface area contributed by atoms with Gasteiger partial charge in [-0.3, -0.25) is 0 Å². The number of fused-ring (bicyclic) bond motifs is 3. The third-order valence-electron chi connectivity index (χ3n) is 8.92. The highest BCUT2D eigenvalue weighted by Gasteiger charge is 2.26. The highest BCUT2D eigenvalue weighted by atomic mass is 35.5. The van der Waals surface area contributed by atoms with Gasteiger partial charge in [0.1, 0.15) is 0 Å². The number of allylic oxidation sites excluding steroid dienone is 4. The maximum Gasteiger partial charge on any atom is 0.0443 e. The van der Waals surface area contributed by atoms with Crippen molar-refractivity contribution in [3.05, 3.63) is 155 Å². The molecule has 2 aliphatic carbocycles. The molecule has 1 aromatic heterocycles. The molecule has 5 aromatic carbocycles. The van der Waals surface area contributed by atoms with E-state index in [9.17, 15) is 0 Å². The zero-order valence-electron chi connectivity index (χ0n) is 24.3. The molecular weight excluding hydrogens is 572 g/mol. The Balaban J connectivity index is 1.47. The van der Waals surface area contributed by atoms with Crippen molar-refractivity contribution >= 4 is 45.2 Å². The Kier molecular flexibility index (Phi) is 7.14. The minimum Gasteiger partial charge on any atom is -0.134 e. The molecule has 0 amide bonds. The highest BCUT2D eigenvalue weighted by molar-refractivity contribution is 7.23. The van der Waals surface area contributed by atoms with Gasteiger partial charge in [-0.05, 0) is 80.8 Å². The highest BCUT2D eigenvalue weighted by Crippen LogP contribution is 2.48. The molecule has 212 valence electrons. The Morgan fingerprint density at radius 2 is 1.16 bits per heavy atom. The van der Waals surface area contributed by atoms with Gasteiger partial charge in [0.25, 0.3) is 0 Å². The maximum absolute atomic E-state index is 6.18.